The van der Waals surface area contributed by atoms with Crippen molar-refractivity contribution >= 4 is 22.4 Å². The Hall–Kier alpha value is -3.17. The third kappa shape index (κ3) is 2.67. The highest BCUT2D eigenvalue weighted by Gasteiger charge is 2.41. The van der Waals surface area contributed by atoms with Crippen LogP contribution in [0, 0.1) is 12.7 Å². The summed E-state index contributed by atoms with van der Waals surface area (Å²) in [4.78, 5) is 8.63. The van der Waals surface area contributed by atoms with Gasteiger partial charge >= 0.3 is 6.18 Å². The quantitative estimate of drug-likeness (QED) is 0.506. The number of nitrogens with one attached hydrogen (secondary N) is 2. The first-order valence-corrected chi connectivity index (χ1v) is 8.47. The van der Waals surface area contributed by atoms with Crippen molar-refractivity contribution in [3.63, 3.8) is 0 Å². The number of H-pyrrole nitrogens is 1. The number of halogens is 4. The monoisotopic (exact) mass is 392 g/mol. The molecule has 0 fully saturated rings. The highest BCUT2D eigenvalue weighted by atomic mass is 19.4. The number of hydrogen-bond acceptors (Lipinski definition) is 4. The van der Waals surface area contributed by atoms with Crippen LogP contribution in [0.1, 0.15) is 24.0 Å². The molecule has 4 rings (SSSR count). The minimum atomic E-state index is -4.58. The van der Waals surface area contributed by atoms with Gasteiger partial charge < -0.3 is 9.72 Å². The van der Waals surface area contributed by atoms with Crippen molar-refractivity contribution in [3.8, 4) is 11.3 Å². The standard InChI is InChI=1S/C18H16F4N6/c1-8-14(11-6-28-7-12(23-3)26-13(28)5-24-11)10-4-25-27-17(10)15(16(8)19)9(2)18(20,21)22/h4-7,9,23H,1-3H3,(H,25,27). The number of hydrogen-bond donors (Lipinski definition) is 2. The van der Waals surface area contributed by atoms with Crippen molar-refractivity contribution in [3.05, 3.63) is 41.7 Å². The van der Waals surface area contributed by atoms with Crippen LogP contribution in [-0.2, 0) is 0 Å². The van der Waals surface area contributed by atoms with E-state index in [1.807, 2.05) is 0 Å². The largest absolute Gasteiger partial charge is 0.395 e. The van der Waals surface area contributed by atoms with Crippen molar-refractivity contribution in [1.29, 1.82) is 0 Å². The predicted octanol–water partition coefficient (Wildman–Crippen LogP) is 4.43. The second-order valence-electron chi connectivity index (χ2n) is 6.56. The zero-order valence-corrected chi connectivity index (χ0v) is 15.2. The Bertz CT molecular complexity index is 1190. The number of aromatic amines is 1. The second-order valence-corrected chi connectivity index (χ2v) is 6.56. The third-order valence-corrected chi connectivity index (χ3v) is 4.90. The molecule has 1 atom stereocenters. The number of fused-ring (bicyclic) bond motifs is 2. The summed E-state index contributed by atoms with van der Waals surface area (Å²) in [7, 11) is 1.73. The number of alkyl halides is 3. The molecule has 0 aliphatic heterocycles. The first-order valence-electron chi connectivity index (χ1n) is 8.47. The molecule has 2 N–H and O–H groups in total. The van der Waals surface area contributed by atoms with Gasteiger partial charge in [-0.15, -0.1) is 0 Å². The van der Waals surface area contributed by atoms with Crippen molar-refractivity contribution in [1.82, 2.24) is 24.6 Å². The topological polar surface area (TPSA) is 70.9 Å². The van der Waals surface area contributed by atoms with Crippen LogP contribution in [0.25, 0.3) is 27.8 Å². The molecule has 0 amide bonds. The first-order chi connectivity index (χ1) is 13.2. The lowest BCUT2D eigenvalue weighted by Gasteiger charge is -2.20. The van der Waals surface area contributed by atoms with Gasteiger partial charge in [0.25, 0.3) is 0 Å². The summed E-state index contributed by atoms with van der Waals surface area (Å²) < 4.78 is 56.7. The van der Waals surface area contributed by atoms with Crippen LogP contribution in [-0.4, -0.2) is 37.8 Å². The maximum absolute atomic E-state index is 15.1. The molecule has 28 heavy (non-hydrogen) atoms. The lowest BCUT2D eigenvalue weighted by molar-refractivity contribution is -0.146. The average molecular weight is 392 g/mol. The average Bonchev–Trinajstić information content (AvgIpc) is 3.27. The molecule has 146 valence electrons. The molecule has 3 aromatic heterocycles. The summed E-state index contributed by atoms with van der Waals surface area (Å²) in [6, 6.07) is 0. The number of anilines is 1. The number of imidazole rings is 1. The Morgan fingerprint density at radius 3 is 2.64 bits per heavy atom. The van der Waals surface area contributed by atoms with Gasteiger partial charge in [0.2, 0.25) is 0 Å². The molecule has 0 spiro atoms. The van der Waals surface area contributed by atoms with E-state index in [0.29, 0.717) is 28.1 Å². The lowest BCUT2D eigenvalue weighted by atomic mass is 9.91. The molecule has 0 aliphatic rings. The summed E-state index contributed by atoms with van der Waals surface area (Å²) in [6.07, 6.45) is 1.72. The van der Waals surface area contributed by atoms with E-state index in [1.165, 1.54) is 19.3 Å². The Balaban J connectivity index is 1.99. The molecule has 0 saturated heterocycles. The van der Waals surface area contributed by atoms with Gasteiger partial charge in [-0.25, -0.2) is 9.37 Å². The minimum absolute atomic E-state index is 0.0198. The van der Waals surface area contributed by atoms with E-state index in [9.17, 15) is 13.2 Å². The maximum atomic E-state index is 15.1. The van der Waals surface area contributed by atoms with Gasteiger partial charge in [-0.05, 0) is 19.4 Å². The Morgan fingerprint density at radius 2 is 1.96 bits per heavy atom. The van der Waals surface area contributed by atoms with Gasteiger partial charge in [-0.2, -0.15) is 18.3 Å². The van der Waals surface area contributed by atoms with Gasteiger partial charge in [-0.3, -0.25) is 10.1 Å². The number of aromatic nitrogens is 5. The lowest BCUT2D eigenvalue weighted by Crippen LogP contribution is -2.20. The fraction of sp³-hybridized carbons (Fsp3) is 0.278. The van der Waals surface area contributed by atoms with Crippen LogP contribution in [0.4, 0.5) is 23.4 Å². The smallest absolute Gasteiger partial charge is 0.372 e. The Morgan fingerprint density at radius 1 is 1.21 bits per heavy atom. The number of benzene rings is 1. The molecule has 4 aromatic rings. The Kier molecular flexibility index (Phi) is 4.02. The summed E-state index contributed by atoms with van der Waals surface area (Å²) in [5.41, 5.74) is 1.04. The molecule has 1 unspecified atom stereocenters. The molecule has 10 heteroatoms. The first kappa shape index (κ1) is 18.2. The van der Waals surface area contributed by atoms with Crippen molar-refractivity contribution < 1.29 is 17.6 Å². The van der Waals surface area contributed by atoms with E-state index < -0.39 is 23.5 Å². The van der Waals surface area contributed by atoms with Crippen LogP contribution in [0.2, 0.25) is 0 Å². The van der Waals surface area contributed by atoms with Gasteiger partial charge in [0, 0.05) is 29.8 Å². The second kappa shape index (κ2) is 6.18. The van der Waals surface area contributed by atoms with Gasteiger partial charge in [0.15, 0.2) is 5.65 Å². The molecule has 3 heterocycles. The zero-order valence-electron chi connectivity index (χ0n) is 15.2. The fourth-order valence-corrected chi connectivity index (χ4v) is 3.35. The van der Waals surface area contributed by atoms with Crippen LogP contribution < -0.4 is 5.32 Å². The van der Waals surface area contributed by atoms with Crippen LogP contribution in [0.5, 0.6) is 0 Å². The van der Waals surface area contributed by atoms with Crippen molar-refractivity contribution in [2.24, 2.45) is 0 Å². The summed E-state index contributed by atoms with van der Waals surface area (Å²) in [6.45, 7) is 2.38. The summed E-state index contributed by atoms with van der Waals surface area (Å²) >= 11 is 0. The van der Waals surface area contributed by atoms with Gasteiger partial charge in [0.1, 0.15) is 11.6 Å². The SMILES string of the molecule is CNc1cn2cc(-c3c(C)c(F)c(C(C)C(F)(F)F)c4[nH]ncc34)ncc2n1. The van der Waals surface area contributed by atoms with E-state index in [0.717, 1.165) is 6.92 Å². The molecule has 0 aliphatic carbocycles. The third-order valence-electron chi connectivity index (χ3n) is 4.90. The highest BCUT2D eigenvalue weighted by Crippen LogP contribution is 2.42. The molecular weight excluding hydrogens is 376 g/mol. The van der Waals surface area contributed by atoms with Crippen LogP contribution in [0.15, 0.2) is 24.8 Å². The van der Waals surface area contributed by atoms with Gasteiger partial charge in [-0.1, -0.05) is 0 Å². The molecule has 0 radical (unpaired) electrons. The van der Waals surface area contributed by atoms with E-state index in [2.05, 4.69) is 25.5 Å². The number of nitrogens with zero attached hydrogens (tertiary/aromatic N) is 4. The fourth-order valence-electron chi connectivity index (χ4n) is 3.35. The molecule has 1 aromatic carbocycles. The Labute approximate surface area is 156 Å². The van der Waals surface area contributed by atoms with Gasteiger partial charge in [0.05, 0.1) is 35.7 Å². The normalized spacial score (nSPS) is 13.4. The van der Waals surface area contributed by atoms with E-state index in [4.69, 9.17) is 0 Å². The predicted molar refractivity (Wildman–Crippen MR) is 96.8 cm³/mol. The molecular formula is C18H16F4N6. The van der Waals surface area contributed by atoms with E-state index in [-0.39, 0.29) is 11.1 Å². The van der Waals surface area contributed by atoms with Crippen LogP contribution >= 0.6 is 0 Å². The molecule has 0 bridgehead atoms. The zero-order chi connectivity index (χ0) is 20.2. The highest BCUT2D eigenvalue weighted by molar-refractivity contribution is 5.97. The minimum Gasteiger partial charge on any atom is -0.372 e. The molecule has 6 nitrogen and oxygen atoms in total. The van der Waals surface area contributed by atoms with Crippen molar-refractivity contribution in [2.75, 3.05) is 12.4 Å². The number of rotatable bonds is 3. The summed E-state index contributed by atoms with van der Waals surface area (Å²) in [5.74, 6) is -2.27. The van der Waals surface area contributed by atoms with E-state index >= 15 is 4.39 Å². The summed E-state index contributed by atoms with van der Waals surface area (Å²) in [5, 5.41) is 9.68. The molecule has 0 saturated carbocycles. The maximum Gasteiger partial charge on any atom is 0.395 e. The van der Waals surface area contributed by atoms with Crippen LogP contribution in [0.3, 0.4) is 0 Å². The van der Waals surface area contributed by atoms with E-state index in [1.54, 1.807) is 23.8 Å². The van der Waals surface area contributed by atoms with Crippen molar-refractivity contribution in [2.45, 2.75) is 25.9 Å².